The number of hydrogen-bond donors (Lipinski definition) is 0. The second kappa shape index (κ2) is 8.29. The molecule has 1 aromatic heterocycles. The predicted octanol–water partition coefficient (Wildman–Crippen LogP) is 4.95. The Kier molecular flexibility index (Phi) is 5.39. The molecule has 0 aliphatic heterocycles. The lowest BCUT2D eigenvalue weighted by Gasteiger charge is -2.14. The maximum atomic E-state index is 13.1. The highest BCUT2D eigenvalue weighted by Gasteiger charge is 2.19. The van der Waals surface area contributed by atoms with Crippen LogP contribution in [0.2, 0.25) is 0 Å². The first-order valence-corrected chi connectivity index (χ1v) is 9.41. The van der Waals surface area contributed by atoms with Crippen LogP contribution in [0.15, 0.2) is 65.1 Å². The van der Waals surface area contributed by atoms with E-state index in [4.69, 9.17) is 18.6 Å². The van der Waals surface area contributed by atoms with Crippen molar-refractivity contribution in [3.8, 4) is 28.7 Å². The van der Waals surface area contributed by atoms with Gasteiger partial charge in [0, 0.05) is 17.5 Å². The number of rotatable bonds is 7. The highest BCUT2D eigenvalue weighted by atomic mass is 16.5. The lowest BCUT2D eigenvalue weighted by Crippen LogP contribution is -2.06. The molecule has 6 nitrogen and oxygen atoms in total. The van der Waals surface area contributed by atoms with E-state index in [2.05, 4.69) is 4.98 Å². The van der Waals surface area contributed by atoms with Crippen LogP contribution < -0.4 is 14.2 Å². The van der Waals surface area contributed by atoms with Crippen molar-refractivity contribution in [1.82, 2.24) is 4.98 Å². The molecule has 0 atom stereocenters. The highest BCUT2D eigenvalue weighted by Crippen LogP contribution is 2.38. The molecule has 0 fully saturated rings. The van der Waals surface area contributed by atoms with Crippen LogP contribution in [-0.4, -0.2) is 32.1 Å². The normalized spacial score (nSPS) is 10.8. The van der Waals surface area contributed by atoms with Gasteiger partial charge in [0.2, 0.25) is 11.6 Å². The summed E-state index contributed by atoms with van der Waals surface area (Å²) >= 11 is 0. The van der Waals surface area contributed by atoms with Crippen LogP contribution in [0.1, 0.15) is 15.9 Å². The number of Topliss-reactive ketones (excluding diaryl/α,β-unsaturated/α-hetero) is 1. The molecule has 1 heterocycles. The summed E-state index contributed by atoms with van der Waals surface area (Å²) in [6.07, 6.45) is 0.174. The van der Waals surface area contributed by atoms with Gasteiger partial charge < -0.3 is 18.6 Å². The van der Waals surface area contributed by atoms with Gasteiger partial charge >= 0.3 is 0 Å². The number of oxazole rings is 1. The average molecular weight is 403 g/mol. The van der Waals surface area contributed by atoms with Crippen molar-refractivity contribution < 1.29 is 23.4 Å². The molecule has 0 radical (unpaired) electrons. The Labute approximate surface area is 174 Å². The summed E-state index contributed by atoms with van der Waals surface area (Å²) in [7, 11) is 4.57. The van der Waals surface area contributed by atoms with Crippen LogP contribution in [0.4, 0.5) is 0 Å². The average Bonchev–Trinajstić information content (AvgIpc) is 3.22. The molecule has 4 aromatic rings. The minimum Gasteiger partial charge on any atom is -0.493 e. The van der Waals surface area contributed by atoms with Gasteiger partial charge in [-0.3, -0.25) is 4.79 Å². The molecule has 0 unspecified atom stereocenters. The van der Waals surface area contributed by atoms with Gasteiger partial charge in [-0.15, -0.1) is 0 Å². The smallest absolute Gasteiger partial charge is 0.227 e. The summed E-state index contributed by atoms with van der Waals surface area (Å²) < 4.78 is 22.0. The van der Waals surface area contributed by atoms with Crippen molar-refractivity contribution in [2.45, 2.75) is 6.42 Å². The first kappa shape index (κ1) is 19.5. The van der Waals surface area contributed by atoms with Gasteiger partial charge in [0.05, 0.1) is 21.3 Å². The molecule has 0 aliphatic carbocycles. The molecule has 4 rings (SSSR count). The Morgan fingerprint density at radius 3 is 2.23 bits per heavy atom. The first-order chi connectivity index (χ1) is 14.6. The van der Waals surface area contributed by atoms with E-state index in [0.29, 0.717) is 34.3 Å². The summed E-state index contributed by atoms with van der Waals surface area (Å²) in [5.41, 5.74) is 3.56. The largest absolute Gasteiger partial charge is 0.493 e. The maximum Gasteiger partial charge on any atom is 0.227 e. The zero-order chi connectivity index (χ0) is 21.1. The Morgan fingerprint density at radius 2 is 1.57 bits per heavy atom. The molecule has 3 aromatic carbocycles. The molecular formula is C24H21NO5. The second-order valence-electron chi connectivity index (χ2n) is 6.66. The van der Waals surface area contributed by atoms with Crippen molar-refractivity contribution in [2.24, 2.45) is 0 Å². The van der Waals surface area contributed by atoms with E-state index in [1.54, 1.807) is 12.1 Å². The molecule has 0 bridgehead atoms. The molecule has 0 saturated carbocycles. The molecule has 0 amide bonds. The summed E-state index contributed by atoms with van der Waals surface area (Å²) in [4.78, 5) is 17.7. The number of para-hydroxylation sites is 2. The third-order valence-corrected chi connectivity index (χ3v) is 4.88. The van der Waals surface area contributed by atoms with Crippen molar-refractivity contribution in [3.63, 3.8) is 0 Å². The predicted molar refractivity (Wildman–Crippen MR) is 114 cm³/mol. The van der Waals surface area contributed by atoms with Gasteiger partial charge in [-0.25, -0.2) is 4.98 Å². The van der Waals surface area contributed by atoms with Crippen LogP contribution in [-0.2, 0) is 6.42 Å². The van der Waals surface area contributed by atoms with E-state index in [1.165, 1.54) is 21.3 Å². The molecule has 0 N–H and O–H groups in total. The van der Waals surface area contributed by atoms with Crippen LogP contribution >= 0.6 is 0 Å². The van der Waals surface area contributed by atoms with Crippen molar-refractivity contribution >= 4 is 16.9 Å². The summed E-state index contributed by atoms with van der Waals surface area (Å²) in [5.74, 6) is 1.73. The monoisotopic (exact) mass is 403 g/mol. The summed E-state index contributed by atoms with van der Waals surface area (Å²) in [5, 5.41) is 0. The Morgan fingerprint density at radius 1 is 0.900 bits per heavy atom. The number of hydrogen-bond acceptors (Lipinski definition) is 6. The van der Waals surface area contributed by atoms with Crippen LogP contribution in [0.25, 0.3) is 22.6 Å². The Hall–Kier alpha value is -3.80. The minimum atomic E-state index is -0.0854. The molecule has 0 aliphatic rings. The van der Waals surface area contributed by atoms with Crippen molar-refractivity contribution in [1.29, 1.82) is 0 Å². The van der Waals surface area contributed by atoms with E-state index < -0.39 is 0 Å². The lowest BCUT2D eigenvalue weighted by atomic mass is 9.98. The molecule has 30 heavy (non-hydrogen) atoms. The number of nitrogens with zero attached hydrogens (tertiary/aromatic N) is 1. The van der Waals surface area contributed by atoms with Crippen LogP contribution in [0, 0.1) is 0 Å². The standard InChI is InChI=1S/C24H21NO5/c1-27-21-13-16(14-22(28-2)23(21)29-3)19(26)12-15-8-4-5-9-17(15)24-25-18-10-6-7-11-20(18)30-24/h4-11,13-14H,12H2,1-3H3. The van der Waals surface area contributed by atoms with E-state index in [0.717, 1.165) is 16.6 Å². The SMILES string of the molecule is COc1cc(C(=O)Cc2ccccc2-c2nc3ccccc3o2)cc(OC)c1OC. The fraction of sp³-hybridized carbons (Fsp3) is 0.167. The summed E-state index contributed by atoms with van der Waals surface area (Å²) in [6.45, 7) is 0. The fourth-order valence-electron chi connectivity index (χ4n) is 3.39. The number of carbonyl (C=O) groups is 1. The quantitative estimate of drug-likeness (QED) is 0.407. The van der Waals surface area contributed by atoms with Gasteiger partial charge in [-0.1, -0.05) is 30.3 Å². The van der Waals surface area contributed by atoms with E-state index in [-0.39, 0.29) is 12.2 Å². The van der Waals surface area contributed by atoms with Crippen molar-refractivity contribution in [2.75, 3.05) is 21.3 Å². The van der Waals surface area contributed by atoms with E-state index in [1.807, 2.05) is 48.5 Å². The fourth-order valence-corrected chi connectivity index (χ4v) is 3.39. The number of aromatic nitrogens is 1. The third kappa shape index (κ3) is 3.59. The third-order valence-electron chi connectivity index (χ3n) is 4.88. The maximum absolute atomic E-state index is 13.1. The highest BCUT2D eigenvalue weighted by molar-refractivity contribution is 5.99. The Bertz CT molecular complexity index is 1150. The molecule has 0 spiro atoms. The molecule has 6 heteroatoms. The number of methoxy groups -OCH3 is 3. The lowest BCUT2D eigenvalue weighted by molar-refractivity contribution is 0.0992. The van der Waals surface area contributed by atoms with E-state index in [9.17, 15) is 4.79 Å². The number of ketones is 1. The number of fused-ring (bicyclic) bond motifs is 1. The molecular weight excluding hydrogens is 382 g/mol. The van der Waals surface area contributed by atoms with Crippen LogP contribution in [0.3, 0.4) is 0 Å². The topological polar surface area (TPSA) is 70.8 Å². The van der Waals surface area contributed by atoms with Gasteiger partial charge in [0.1, 0.15) is 5.52 Å². The number of ether oxygens (including phenoxy) is 3. The first-order valence-electron chi connectivity index (χ1n) is 9.41. The number of carbonyl (C=O) groups excluding carboxylic acids is 1. The molecule has 152 valence electrons. The summed E-state index contributed by atoms with van der Waals surface area (Å²) in [6, 6.07) is 18.5. The van der Waals surface area contributed by atoms with Gasteiger partial charge in [-0.2, -0.15) is 0 Å². The van der Waals surface area contributed by atoms with E-state index >= 15 is 0 Å². The van der Waals surface area contributed by atoms with Gasteiger partial charge in [0.15, 0.2) is 22.9 Å². The zero-order valence-electron chi connectivity index (χ0n) is 17.0. The van der Waals surface area contributed by atoms with Gasteiger partial charge in [-0.05, 0) is 35.9 Å². The van der Waals surface area contributed by atoms with Crippen molar-refractivity contribution in [3.05, 3.63) is 71.8 Å². The second-order valence-corrected chi connectivity index (χ2v) is 6.66. The number of benzene rings is 3. The minimum absolute atomic E-state index is 0.0854. The zero-order valence-corrected chi connectivity index (χ0v) is 17.0. The van der Waals surface area contributed by atoms with Crippen LogP contribution in [0.5, 0.6) is 17.2 Å². The Balaban J connectivity index is 1.69. The molecule has 0 saturated heterocycles. The van der Waals surface area contributed by atoms with Gasteiger partial charge in [0.25, 0.3) is 0 Å².